The van der Waals surface area contributed by atoms with Crippen molar-refractivity contribution in [3.63, 3.8) is 0 Å². The van der Waals surface area contributed by atoms with Crippen molar-refractivity contribution in [3.05, 3.63) is 10.6 Å². The van der Waals surface area contributed by atoms with Crippen LogP contribution >= 0.6 is 11.3 Å². The maximum atomic E-state index is 11.5. The van der Waals surface area contributed by atoms with Gasteiger partial charge < -0.3 is 15.4 Å². The van der Waals surface area contributed by atoms with Gasteiger partial charge in [-0.15, -0.1) is 11.3 Å². The smallest absolute Gasteiger partial charge is 0.240 e. The van der Waals surface area contributed by atoms with Gasteiger partial charge in [-0.2, -0.15) is 0 Å². The second-order valence-electron chi connectivity index (χ2n) is 3.59. The molecule has 0 aliphatic heterocycles. The van der Waals surface area contributed by atoms with E-state index in [1.807, 2.05) is 6.92 Å². The molecule has 0 aromatic carbocycles. The van der Waals surface area contributed by atoms with Crippen molar-refractivity contribution in [1.82, 2.24) is 10.3 Å². The van der Waals surface area contributed by atoms with E-state index in [1.165, 1.54) is 11.3 Å². The summed E-state index contributed by atoms with van der Waals surface area (Å²) in [5, 5.41) is 6.44. The molecule has 0 aliphatic rings. The Hall–Kier alpha value is -0.980. The summed E-state index contributed by atoms with van der Waals surface area (Å²) in [4.78, 5) is 17.0. The van der Waals surface area contributed by atoms with E-state index in [9.17, 15) is 4.79 Å². The van der Waals surface area contributed by atoms with Gasteiger partial charge in [-0.1, -0.05) is 6.92 Å². The van der Waals surface area contributed by atoms with Gasteiger partial charge in [0.25, 0.3) is 0 Å². The average molecular weight is 257 g/mol. The van der Waals surface area contributed by atoms with E-state index in [0.717, 1.165) is 17.0 Å². The van der Waals surface area contributed by atoms with E-state index in [1.54, 1.807) is 7.11 Å². The number of hydrogen-bond acceptors (Lipinski definition) is 5. The number of anilines is 1. The van der Waals surface area contributed by atoms with Crippen LogP contribution in [0, 0.1) is 6.92 Å². The lowest BCUT2D eigenvalue weighted by Crippen LogP contribution is -2.30. The maximum absolute atomic E-state index is 11.5. The van der Waals surface area contributed by atoms with Gasteiger partial charge in [-0.25, -0.2) is 4.98 Å². The zero-order valence-electron chi connectivity index (χ0n) is 10.5. The van der Waals surface area contributed by atoms with Gasteiger partial charge in [0.05, 0.1) is 18.8 Å². The molecule has 0 spiro atoms. The first-order chi connectivity index (χ1) is 8.17. The normalized spacial score (nSPS) is 10.5. The summed E-state index contributed by atoms with van der Waals surface area (Å²) >= 11 is 1.52. The number of aromatic nitrogens is 1. The molecule has 0 radical (unpaired) electrons. The first kappa shape index (κ1) is 14.1. The van der Waals surface area contributed by atoms with E-state index in [4.69, 9.17) is 4.74 Å². The van der Waals surface area contributed by atoms with Gasteiger partial charge in [0, 0.05) is 18.5 Å². The van der Waals surface area contributed by atoms with Gasteiger partial charge >= 0.3 is 0 Å². The third kappa shape index (κ3) is 4.80. The van der Waals surface area contributed by atoms with Crippen molar-refractivity contribution in [2.45, 2.75) is 20.3 Å². The molecule has 1 rings (SSSR count). The minimum atomic E-state index is -0.0718. The summed E-state index contributed by atoms with van der Waals surface area (Å²) in [7, 11) is 1.63. The van der Waals surface area contributed by atoms with Crippen LogP contribution in [0.15, 0.2) is 0 Å². The Bertz CT molecular complexity index is 366. The molecule has 1 aromatic heterocycles. The van der Waals surface area contributed by atoms with Crippen LogP contribution < -0.4 is 10.6 Å². The molecule has 0 saturated carbocycles. The predicted molar refractivity (Wildman–Crippen MR) is 69.6 cm³/mol. The molecule has 5 nitrogen and oxygen atoms in total. The minimum Gasteiger partial charge on any atom is -0.383 e. The lowest BCUT2D eigenvalue weighted by atomic mass is 10.3. The Labute approximate surface area is 106 Å². The number of aryl methyl sites for hydroxylation is 2. The number of hydrogen-bond donors (Lipinski definition) is 2. The lowest BCUT2D eigenvalue weighted by Gasteiger charge is -2.03. The van der Waals surface area contributed by atoms with Crippen molar-refractivity contribution < 1.29 is 9.53 Å². The highest BCUT2D eigenvalue weighted by atomic mass is 32.1. The summed E-state index contributed by atoms with van der Waals surface area (Å²) in [5.74, 6) is -0.0718. The highest BCUT2D eigenvalue weighted by Crippen LogP contribution is 2.21. The number of ether oxygens (including phenoxy) is 1. The topological polar surface area (TPSA) is 63.2 Å². The first-order valence-electron chi connectivity index (χ1n) is 5.63. The summed E-state index contributed by atoms with van der Waals surface area (Å²) < 4.78 is 4.87. The number of nitrogens with zero attached hydrogens (tertiary/aromatic N) is 1. The highest BCUT2D eigenvalue weighted by Gasteiger charge is 2.08. The predicted octanol–water partition coefficient (Wildman–Crippen LogP) is 1.19. The monoisotopic (exact) mass is 257 g/mol. The van der Waals surface area contributed by atoms with Crippen molar-refractivity contribution in [2.24, 2.45) is 0 Å². The van der Waals surface area contributed by atoms with E-state index in [-0.39, 0.29) is 12.5 Å². The average Bonchev–Trinajstić information content (AvgIpc) is 2.65. The molecule has 0 unspecified atom stereocenters. The molecule has 0 aliphatic carbocycles. The second-order valence-corrected chi connectivity index (χ2v) is 4.80. The fourth-order valence-electron chi connectivity index (χ4n) is 1.35. The Morgan fingerprint density at radius 1 is 1.53 bits per heavy atom. The fourth-order valence-corrected chi connectivity index (χ4v) is 2.27. The summed E-state index contributed by atoms with van der Waals surface area (Å²) in [6, 6.07) is 0. The van der Waals surface area contributed by atoms with Crippen LogP contribution in [-0.4, -0.2) is 37.7 Å². The van der Waals surface area contributed by atoms with Crippen molar-refractivity contribution in [3.8, 4) is 0 Å². The maximum Gasteiger partial charge on any atom is 0.240 e. The quantitative estimate of drug-likeness (QED) is 0.720. The van der Waals surface area contributed by atoms with Crippen LogP contribution in [0.2, 0.25) is 0 Å². The zero-order chi connectivity index (χ0) is 12.7. The van der Waals surface area contributed by atoms with Crippen molar-refractivity contribution in [2.75, 3.05) is 32.1 Å². The van der Waals surface area contributed by atoms with Crippen molar-refractivity contribution in [1.29, 1.82) is 0 Å². The molecule has 96 valence electrons. The lowest BCUT2D eigenvalue weighted by molar-refractivity contribution is -0.115. The highest BCUT2D eigenvalue weighted by molar-refractivity contribution is 7.15. The minimum absolute atomic E-state index is 0.0718. The van der Waals surface area contributed by atoms with Gasteiger partial charge in [0.15, 0.2) is 5.13 Å². The second kappa shape index (κ2) is 7.37. The molecular formula is C11H19N3O2S. The molecule has 6 heteroatoms. The molecule has 0 bridgehead atoms. The van der Waals surface area contributed by atoms with Crippen LogP contribution in [0.1, 0.15) is 17.5 Å². The van der Waals surface area contributed by atoms with Crippen LogP contribution in [0.3, 0.4) is 0 Å². The van der Waals surface area contributed by atoms with Gasteiger partial charge in [0.2, 0.25) is 5.91 Å². The third-order valence-corrected chi connectivity index (χ3v) is 3.17. The van der Waals surface area contributed by atoms with Crippen LogP contribution in [-0.2, 0) is 16.0 Å². The number of amides is 1. The third-order valence-electron chi connectivity index (χ3n) is 2.24. The summed E-state index contributed by atoms with van der Waals surface area (Å²) in [6.07, 6.45) is 0.893. The largest absolute Gasteiger partial charge is 0.383 e. The van der Waals surface area contributed by atoms with Gasteiger partial charge in [-0.3, -0.25) is 4.79 Å². The number of thiazole rings is 1. The van der Waals surface area contributed by atoms with E-state index < -0.39 is 0 Å². The van der Waals surface area contributed by atoms with Gasteiger partial charge in [0.1, 0.15) is 0 Å². The fraction of sp³-hybridized carbons (Fsp3) is 0.636. The van der Waals surface area contributed by atoms with Gasteiger partial charge in [-0.05, 0) is 13.3 Å². The molecule has 0 fully saturated rings. The van der Waals surface area contributed by atoms with Crippen LogP contribution in [0.5, 0.6) is 0 Å². The van der Waals surface area contributed by atoms with Crippen LogP contribution in [0.25, 0.3) is 0 Å². The first-order valence-corrected chi connectivity index (χ1v) is 6.44. The zero-order valence-corrected chi connectivity index (χ0v) is 11.3. The molecule has 1 heterocycles. The molecular weight excluding hydrogens is 238 g/mol. The molecule has 0 saturated heterocycles. The number of carbonyl (C=O) groups excluding carboxylic acids is 1. The summed E-state index contributed by atoms with van der Waals surface area (Å²) in [5.41, 5.74) is 1.05. The number of methoxy groups -OCH3 is 1. The van der Waals surface area contributed by atoms with Crippen molar-refractivity contribution >= 4 is 22.4 Å². The number of carbonyl (C=O) groups is 1. The Balaban J connectivity index is 2.34. The molecule has 0 atom stereocenters. The Kier molecular flexibility index (Phi) is 6.10. The molecule has 17 heavy (non-hydrogen) atoms. The summed E-state index contributed by atoms with van der Waals surface area (Å²) in [6.45, 7) is 5.62. The molecule has 1 amide bonds. The molecule has 2 N–H and O–H groups in total. The SMILES string of the molecule is CCc1nc(NC(=O)CNCCOC)sc1C. The van der Waals surface area contributed by atoms with E-state index in [0.29, 0.717) is 18.3 Å². The standard InChI is InChI=1S/C11H19N3O2S/c1-4-9-8(2)17-11(13-9)14-10(15)7-12-5-6-16-3/h12H,4-7H2,1-3H3,(H,13,14,15). The van der Waals surface area contributed by atoms with E-state index in [2.05, 4.69) is 22.5 Å². The van der Waals surface area contributed by atoms with Crippen LogP contribution in [0.4, 0.5) is 5.13 Å². The Morgan fingerprint density at radius 3 is 2.88 bits per heavy atom. The number of nitrogens with one attached hydrogen (secondary N) is 2. The molecule has 1 aromatic rings. The van der Waals surface area contributed by atoms with E-state index >= 15 is 0 Å². The Morgan fingerprint density at radius 2 is 2.29 bits per heavy atom. The number of rotatable bonds is 7.